The van der Waals surface area contributed by atoms with Crippen molar-refractivity contribution < 1.29 is 8.42 Å². The first-order valence-electron chi connectivity index (χ1n) is 6.43. The summed E-state index contributed by atoms with van der Waals surface area (Å²) < 4.78 is 26.7. The second kappa shape index (κ2) is 5.66. The average Bonchev–Trinajstić information content (AvgIpc) is 3.22. The van der Waals surface area contributed by atoms with Crippen LogP contribution in [0.4, 0.5) is 0 Å². The predicted molar refractivity (Wildman–Crippen MR) is 76.2 cm³/mol. The Labute approximate surface area is 120 Å². The van der Waals surface area contributed by atoms with E-state index in [4.69, 9.17) is 11.7 Å². The average molecular weight is 288 g/mol. The van der Waals surface area contributed by atoms with Crippen molar-refractivity contribution in [2.24, 2.45) is 5.92 Å². The molecule has 1 aliphatic carbocycles. The molecular weight excluding hydrogens is 272 g/mol. The van der Waals surface area contributed by atoms with Gasteiger partial charge in [-0.15, -0.1) is 6.42 Å². The van der Waals surface area contributed by atoms with E-state index in [1.807, 2.05) is 6.07 Å². The Hall–Kier alpha value is -1.82. The number of benzene rings is 1. The zero-order valence-corrected chi connectivity index (χ0v) is 12.2. The third-order valence-electron chi connectivity index (χ3n) is 3.36. The van der Waals surface area contributed by atoms with E-state index in [9.17, 15) is 8.42 Å². The fraction of sp³-hybridized carbons (Fsp3) is 0.400. The lowest BCUT2D eigenvalue weighted by molar-refractivity contribution is 0.430. The van der Waals surface area contributed by atoms with Crippen molar-refractivity contribution in [3.8, 4) is 18.4 Å². The predicted octanol–water partition coefficient (Wildman–Crippen LogP) is 1.90. The molecule has 1 aliphatic rings. The third-order valence-corrected chi connectivity index (χ3v) is 5.32. The van der Waals surface area contributed by atoms with Gasteiger partial charge in [-0.05, 0) is 43.4 Å². The van der Waals surface area contributed by atoms with Crippen LogP contribution in [0.15, 0.2) is 23.1 Å². The summed E-state index contributed by atoms with van der Waals surface area (Å²) in [6, 6.07) is 6.65. The van der Waals surface area contributed by atoms with Gasteiger partial charge >= 0.3 is 0 Å². The lowest BCUT2D eigenvalue weighted by atomic mass is 10.2. The van der Waals surface area contributed by atoms with E-state index in [0.29, 0.717) is 23.6 Å². The lowest BCUT2D eigenvalue weighted by Gasteiger charge is -2.21. The zero-order valence-electron chi connectivity index (χ0n) is 11.3. The normalized spacial score (nSPS) is 14.8. The molecule has 0 heterocycles. The Morgan fingerprint density at radius 1 is 1.45 bits per heavy atom. The summed E-state index contributed by atoms with van der Waals surface area (Å²) in [5.74, 6) is 2.82. The number of rotatable bonds is 5. The van der Waals surface area contributed by atoms with E-state index < -0.39 is 10.0 Å². The van der Waals surface area contributed by atoms with Gasteiger partial charge in [0, 0.05) is 6.54 Å². The van der Waals surface area contributed by atoms with E-state index in [2.05, 4.69) is 5.92 Å². The van der Waals surface area contributed by atoms with Gasteiger partial charge in [-0.25, -0.2) is 8.42 Å². The fourth-order valence-corrected chi connectivity index (χ4v) is 3.71. The van der Waals surface area contributed by atoms with Crippen molar-refractivity contribution in [2.45, 2.75) is 24.7 Å². The topological polar surface area (TPSA) is 61.2 Å². The van der Waals surface area contributed by atoms with Crippen LogP contribution in [-0.4, -0.2) is 25.8 Å². The largest absolute Gasteiger partial charge is 0.244 e. The molecule has 2 rings (SSSR count). The van der Waals surface area contributed by atoms with Gasteiger partial charge in [0.1, 0.15) is 0 Å². The Bertz CT molecular complexity index is 692. The summed E-state index contributed by atoms with van der Waals surface area (Å²) >= 11 is 0. The molecule has 0 bridgehead atoms. The van der Waals surface area contributed by atoms with Gasteiger partial charge in [-0.1, -0.05) is 12.0 Å². The standard InChI is InChI=1S/C15H16N2O2S/c1-3-8-17(11-13-6-7-13)20(18,19)15-9-14(10-16)5-4-12(15)2/h1,4-5,9,13H,6-8,11H2,2H3. The number of sulfonamides is 1. The van der Waals surface area contributed by atoms with Crippen molar-refractivity contribution in [1.29, 1.82) is 5.26 Å². The molecule has 0 aromatic heterocycles. The van der Waals surface area contributed by atoms with Crippen LogP contribution < -0.4 is 0 Å². The van der Waals surface area contributed by atoms with Crippen LogP contribution in [0.1, 0.15) is 24.0 Å². The molecule has 0 N–H and O–H groups in total. The Kier molecular flexibility index (Phi) is 4.13. The quantitative estimate of drug-likeness (QED) is 0.777. The lowest BCUT2D eigenvalue weighted by Crippen LogP contribution is -2.33. The highest BCUT2D eigenvalue weighted by molar-refractivity contribution is 7.89. The molecule has 0 amide bonds. The van der Waals surface area contributed by atoms with Crippen LogP contribution in [-0.2, 0) is 10.0 Å². The maximum atomic E-state index is 12.7. The maximum Gasteiger partial charge on any atom is 0.244 e. The summed E-state index contributed by atoms with van der Waals surface area (Å²) in [5, 5.41) is 8.93. The SMILES string of the molecule is C#CCN(CC1CC1)S(=O)(=O)c1cc(C#N)ccc1C. The molecular formula is C15H16N2O2S. The molecule has 0 atom stereocenters. The summed E-state index contributed by atoms with van der Waals surface area (Å²) in [4.78, 5) is 0.174. The molecule has 1 aromatic carbocycles. The van der Waals surface area contributed by atoms with Gasteiger partial charge in [0.2, 0.25) is 10.0 Å². The Balaban J connectivity index is 2.41. The van der Waals surface area contributed by atoms with Crippen molar-refractivity contribution in [3.05, 3.63) is 29.3 Å². The molecule has 0 unspecified atom stereocenters. The highest BCUT2D eigenvalue weighted by Gasteiger charge is 2.32. The first kappa shape index (κ1) is 14.6. The van der Waals surface area contributed by atoms with Gasteiger partial charge < -0.3 is 0 Å². The minimum Gasteiger partial charge on any atom is -0.207 e. The molecule has 1 aromatic rings. The molecule has 1 saturated carbocycles. The second-order valence-corrected chi connectivity index (χ2v) is 6.94. The molecule has 104 valence electrons. The van der Waals surface area contributed by atoms with Gasteiger partial charge in [0.15, 0.2) is 0 Å². The first-order chi connectivity index (χ1) is 9.48. The van der Waals surface area contributed by atoms with Crippen LogP contribution in [0, 0.1) is 36.5 Å². The number of hydrogen-bond donors (Lipinski definition) is 0. The summed E-state index contributed by atoms with van der Waals surface area (Å²) in [6.45, 7) is 2.25. The summed E-state index contributed by atoms with van der Waals surface area (Å²) in [5.41, 5.74) is 0.961. The van der Waals surface area contributed by atoms with Crippen molar-refractivity contribution in [2.75, 3.05) is 13.1 Å². The van der Waals surface area contributed by atoms with Crippen LogP contribution in [0.5, 0.6) is 0 Å². The minimum absolute atomic E-state index is 0.0645. The zero-order chi connectivity index (χ0) is 14.8. The minimum atomic E-state index is -3.64. The molecule has 20 heavy (non-hydrogen) atoms. The van der Waals surface area contributed by atoms with Crippen LogP contribution in [0.3, 0.4) is 0 Å². The molecule has 0 radical (unpaired) electrons. The second-order valence-electron chi connectivity index (χ2n) is 5.04. The summed E-state index contributed by atoms with van der Waals surface area (Å²) in [6.07, 6.45) is 7.38. The van der Waals surface area contributed by atoms with E-state index in [0.717, 1.165) is 12.8 Å². The van der Waals surface area contributed by atoms with E-state index in [1.165, 1.54) is 10.4 Å². The van der Waals surface area contributed by atoms with E-state index in [1.54, 1.807) is 19.1 Å². The number of terminal acetylenes is 1. The number of nitrogens with zero attached hydrogens (tertiary/aromatic N) is 2. The number of nitriles is 1. The third kappa shape index (κ3) is 3.01. The number of aryl methyl sites for hydroxylation is 1. The van der Waals surface area contributed by atoms with Gasteiger partial charge in [-0.2, -0.15) is 9.57 Å². The van der Waals surface area contributed by atoms with Gasteiger partial charge in [-0.3, -0.25) is 0 Å². The fourth-order valence-electron chi connectivity index (χ4n) is 2.02. The van der Waals surface area contributed by atoms with Gasteiger partial charge in [0.25, 0.3) is 0 Å². The molecule has 0 saturated heterocycles. The number of hydrogen-bond acceptors (Lipinski definition) is 3. The van der Waals surface area contributed by atoms with Crippen LogP contribution in [0.25, 0.3) is 0 Å². The smallest absolute Gasteiger partial charge is 0.207 e. The summed E-state index contributed by atoms with van der Waals surface area (Å²) in [7, 11) is -3.64. The van der Waals surface area contributed by atoms with Crippen LogP contribution >= 0.6 is 0 Å². The van der Waals surface area contributed by atoms with Crippen molar-refractivity contribution in [3.63, 3.8) is 0 Å². The monoisotopic (exact) mass is 288 g/mol. The van der Waals surface area contributed by atoms with E-state index >= 15 is 0 Å². The Morgan fingerprint density at radius 3 is 2.70 bits per heavy atom. The first-order valence-corrected chi connectivity index (χ1v) is 7.87. The molecule has 4 nitrogen and oxygen atoms in total. The molecule has 5 heteroatoms. The highest BCUT2D eigenvalue weighted by atomic mass is 32.2. The van der Waals surface area contributed by atoms with Crippen LogP contribution in [0.2, 0.25) is 0 Å². The highest BCUT2D eigenvalue weighted by Crippen LogP contribution is 2.32. The maximum absolute atomic E-state index is 12.7. The van der Waals surface area contributed by atoms with Crippen molar-refractivity contribution >= 4 is 10.0 Å². The van der Waals surface area contributed by atoms with E-state index in [-0.39, 0.29) is 11.4 Å². The van der Waals surface area contributed by atoms with Crippen molar-refractivity contribution in [1.82, 2.24) is 4.31 Å². The van der Waals surface area contributed by atoms with Gasteiger partial charge in [0.05, 0.1) is 23.1 Å². The molecule has 0 aliphatic heterocycles. The Morgan fingerprint density at radius 2 is 2.15 bits per heavy atom. The molecule has 0 spiro atoms. The molecule has 1 fully saturated rings.